The Balaban J connectivity index is 2.78. The predicted molar refractivity (Wildman–Crippen MR) is 60.4 cm³/mol. The van der Waals surface area contributed by atoms with E-state index in [0.717, 1.165) is 0 Å². The number of carbonyl (C=O) groups is 1. The fourth-order valence-electron chi connectivity index (χ4n) is 0.823. The summed E-state index contributed by atoms with van der Waals surface area (Å²) in [7, 11) is 0. The number of hydrogen-bond donors (Lipinski definition) is 3. The molecule has 1 aromatic rings. The van der Waals surface area contributed by atoms with Gasteiger partial charge in [0, 0.05) is 0 Å². The number of nitrogens with zero attached hydrogens (tertiary/aromatic N) is 2. The molecule has 15 heavy (non-hydrogen) atoms. The second kappa shape index (κ2) is 5.01. The molecule has 0 aromatic carbocycles. The molecule has 0 fully saturated rings. The minimum atomic E-state index is -0.739. The van der Waals surface area contributed by atoms with Crippen LogP contribution in [0, 0.1) is 0 Å². The van der Waals surface area contributed by atoms with Crippen molar-refractivity contribution in [3.63, 3.8) is 0 Å². The fraction of sp³-hybridized carbons (Fsp3) is 0. The molecule has 0 radical (unpaired) electrons. The van der Waals surface area contributed by atoms with Crippen LogP contribution in [0.15, 0.2) is 23.3 Å². The number of amides is 2. The van der Waals surface area contributed by atoms with Crippen molar-refractivity contribution in [2.45, 2.75) is 0 Å². The minimum Gasteiger partial charge on any atom is -0.388 e. The van der Waals surface area contributed by atoms with Crippen molar-refractivity contribution < 1.29 is 4.79 Å². The van der Waals surface area contributed by atoms with Crippen molar-refractivity contribution >= 4 is 29.5 Å². The lowest BCUT2D eigenvalue weighted by atomic mass is 10.3. The van der Waals surface area contributed by atoms with Gasteiger partial charge in [0.15, 0.2) is 0 Å². The topological polar surface area (TPSA) is 106 Å². The Morgan fingerprint density at radius 1 is 1.53 bits per heavy atom. The van der Waals surface area contributed by atoms with Gasteiger partial charge in [-0.25, -0.2) is 15.2 Å². The van der Waals surface area contributed by atoms with Crippen LogP contribution in [0.1, 0.15) is 11.4 Å². The molecular weight excluding hydrogens is 214 g/mol. The molecular formula is C8H9N5OS. The zero-order valence-electron chi connectivity index (χ0n) is 7.68. The fourth-order valence-corrected chi connectivity index (χ4v) is 0.936. The second-order valence-corrected chi connectivity index (χ2v) is 2.99. The van der Waals surface area contributed by atoms with E-state index < -0.39 is 6.03 Å². The highest BCUT2D eigenvalue weighted by Gasteiger charge is 1.97. The summed E-state index contributed by atoms with van der Waals surface area (Å²) in [6.45, 7) is 0. The summed E-state index contributed by atoms with van der Waals surface area (Å²) < 4.78 is 0. The summed E-state index contributed by atoms with van der Waals surface area (Å²) >= 11 is 4.76. The van der Waals surface area contributed by atoms with Crippen LogP contribution in [0.25, 0.3) is 0 Å². The van der Waals surface area contributed by atoms with Gasteiger partial charge < -0.3 is 11.5 Å². The lowest BCUT2D eigenvalue weighted by Crippen LogP contribution is -2.24. The molecule has 0 saturated heterocycles. The Kier molecular flexibility index (Phi) is 3.69. The van der Waals surface area contributed by atoms with E-state index in [-0.39, 0.29) is 4.99 Å². The van der Waals surface area contributed by atoms with Crippen molar-refractivity contribution in [1.29, 1.82) is 0 Å². The molecule has 0 spiro atoms. The molecule has 0 aliphatic carbocycles. The minimum absolute atomic E-state index is 0.202. The van der Waals surface area contributed by atoms with E-state index in [0.29, 0.717) is 11.4 Å². The Bertz CT molecular complexity index is 417. The number of nitrogens with two attached hydrogens (primary N) is 2. The maximum atomic E-state index is 10.3. The van der Waals surface area contributed by atoms with Crippen molar-refractivity contribution in [3.8, 4) is 0 Å². The van der Waals surface area contributed by atoms with Crippen LogP contribution in [0.5, 0.6) is 0 Å². The summed E-state index contributed by atoms with van der Waals surface area (Å²) in [6.07, 6.45) is 1.34. The molecule has 0 unspecified atom stereocenters. The third kappa shape index (κ3) is 3.69. The van der Waals surface area contributed by atoms with E-state index in [2.05, 4.69) is 10.1 Å². The average molecular weight is 223 g/mol. The van der Waals surface area contributed by atoms with Gasteiger partial charge in [0.25, 0.3) is 0 Å². The Labute approximate surface area is 91.4 Å². The number of thiocarbonyl (C=S) groups is 1. The van der Waals surface area contributed by atoms with Gasteiger partial charge in [-0.1, -0.05) is 18.3 Å². The van der Waals surface area contributed by atoms with Crippen LogP contribution in [-0.2, 0) is 0 Å². The van der Waals surface area contributed by atoms with E-state index in [4.69, 9.17) is 23.7 Å². The Morgan fingerprint density at radius 2 is 2.27 bits per heavy atom. The van der Waals surface area contributed by atoms with E-state index in [1.165, 1.54) is 6.21 Å². The summed E-state index contributed by atoms with van der Waals surface area (Å²) in [5, 5.41) is 3.55. The van der Waals surface area contributed by atoms with Crippen LogP contribution in [-0.4, -0.2) is 22.2 Å². The molecule has 0 bridgehead atoms. The predicted octanol–water partition coefficient (Wildman–Crippen LogP) is -0.282. The highest BCUT2D eigenvalue weighted by Crippen LogP contribution is 1.96. The summed E-state index contributed by atoms with van der Waals surface area (Å²) in [5.74, 6) is 0. The van der Waals surface area contributed by atoms with Gasteiger partial charge in [-0.2, -0.15) is 5.10 Å². The molecule has 0 saturated carbocycles. The van der Waals surface area contributed by atoms with Gasteiger partial charge in [-0.3, -0.25) is 0 Å². The Hall–Kier alpha value is -2.02. The number of hydrogen-bond acceptors (Lipinski definition) is 4. The third-order valence-electron chi connectivity index (χ3n) is 1.39. The number of primary amides is 1. The largest absolute Gasteiger partial charge is 0.388 e. The number of carbonyl (C=O) groups excluding carboxylic acids is 1. The number of nitrogens with one attached hydrogen (secondary N) is 1. The van der Waals surface area contributed by atoms with Crippen LogP contribution >= 0.6 is 12.2 Å². The highest BCUT2D eigenvalue weighted by atomic mass is 32.1. The third-order valence-corrected chi connectivity index (χ3v) is 1.60. The van der Waals surface area contributed by atoms with Gasteiger partial charge in [-0.05, 0) is 12.1 Å². The first-order valence-corrected chi connectivity index (χ1v) is 4.36. The molecule has 5 N–H and O–H groups in total. The lowest BCUT2D eigenvalue weighted by Gasteiger charge is -1.98. The van der Waals surface area contributed by atoms with E-state index in [9.17, 15) is 4.79 Å². The standard InChI is InChI=1S/C8H9N5OS/c9-7(15)6-3-1-2-5(12-6)4-11-13-8(10)14/h1-4H,(H2,9,15)(H3,10,13,14)/b11-4-. The molecule has 0 aliphatic heterocycles. The lowest BCUT2D eigenvalue weighted by molar-refractivity contribution is 0.249. The summed E-state index contributed by atoms with van der Waals surface area (Å²) in [6, 6.07) is 4.36. The van der Waals surface area contributed by atoms with Crippen molar-refractivity contribution in [3.05, 3.63) is 29.6 Å². The van der Waals surface area contributed by atoms with Crippen LogP contribution < -0.4 is 16.9 Å². The number of pyridine rings is 1. The maximum absolute atomic E-state index is 10.3. The Morgan fingerprint density at radius 3 is 2.87 bits per heavy atom. The molecule has 0 atom stereocenters. The molecule has 7 heteroatoms. The first-order valence-electron chi connectivity index (χ1n) is 3.95. The molecule has 1 rings (SSSR count). The quantitative estimate of drug-likeness (QED) is 0.372. The molecule has 6 nitrogen and oxygen atoms in total. The molecule has 1 aromatic heterocycles. The first-order chi connectivity index (χ1) is 7.09. The summed E-state index contributed by atoms with van der Waals surface area (Å²) in [5.41, 5.74) is 13.3. The SMILES string of the molecule is NC(=O)N/N=C\c1cccc(C(N)=S)n1. The second-order valence-electron chi connectivity index (χ2n) is 2.55. The molecule has 1 heterocycles. The van der Waals surface area contributed by atoms with E-state index in [1.807, 2.05) is 5.43 Å². The number of hydrazone groups is 1. The maximum Gasteiger partial charge on any atom is 0.332 e. The molecule has 2 amide bonds. The average Bonchev–Trinajstić information content (AvgIpc) is 2.17. The summed E-state index contributed by atoms with van der Waals surface area (Å²) in [4.78, 5) is 14.6. The van der Waals surface area contributed by atoms with Gasteiger partial charge in [-0.15, -0.1) is 0 Å². The van der Waals surface area contributed by atoms with Gasteiger partial charge in [0.2, 0.25) is 0 Å². The van der Waals surface area contributed by atoms with Gasteiger partial charge in [0.1, 0.15) is 4.99 Å². The zero-order chi connectivity index (χ0) is 11.3. The van der Waals surface area contributed by atoms with Gasteiger partial charge >= 0.3 is 6.03 Å². The number of aromatic nitrogens is 1. The van der Waals surface area contributed by atoms with Crippen LogP contribution in [0.4, 0.5) is 4.79 Å². The van der Waals surface area contributed by atoms with Crippen molar-refractivity contribution in [1.82, 2.24) is 10.4 Å². The number of rotatable bonds is 3. The normalized spacial score (nSPS) is 10.1. The first kappa shape index (κ1) is 11.1. The van der Waals surface area contributed by atoms with Crippen molar-refractivity contribution in [2.75, 3.05) is 0 Å². The highest BCUT2D eigenvalue weighted by molar-refractivity contribution is 7.80. The number of urea groups is 1. The smallest absolute Gasteiger partial charge is 0.332 e. The van der Waals surface area contributed by atoms with Gasteiger partial charge in [0.05, 0.1) is 17.6 Å². The zero-order valence-corrected chi connectivity index (χ0v) is 8.49. The van der Waals surface area contributed by atoms with E-state index >= 15 is 0 Å². The van der Waals surface area contributed by atoms with Crippen LogP contribution in [0.2, 0.25) is 0 Å². The van der Waals surface area contributed by atoms with Crippen LogP contribution in [0.3, 0.4) is 0 Å². The monoisotopic (exact) mass is 223 g/mol. The van der Waals surface area contributed by atoms with E-state index in [1.54, 1.807) is 18.2 Å². The molecule has 0 aliphatic rings. The van der Waals surface area contributed by atoms with Crippen molar-refractivity contribution in [2.24, 2.45) is 16.6 Å². The molecule has 78 valence electrons.